The molecule has 2 atom stereocenters. The van der Waals surface area contributed by atoms with Gasteiger partial charge in [-0.05, 0) is 76.0 Å². The van der Waals surface area contributed by atoms with Crippen LogP contribution in [0.3, 0.4) is 0 Å². The molecule has 0 radical (unpaired) electrons. The predicted octanol–water partition coefficient (Wildman–Crippen LogP) is 4.62. The molecule has 3 aliphatic heterocycles. The van der Waals surface area contributed by atoms with Crippen LogP contribution < -0.4 is 10.6 Å². The number of amides is 3. The average Bonchev–Trinajstić information content (AvgIpc) is 3.48. The summed E-state index contributed by atoms with van der Waals surface area (Å²) in [6, 6.07) is 5.19. The maximum atomic E-state index is 13.3. The van der Waals surface area contributed by atoms with Gasteiger partial charge in [0.2, 0.25) is 11.8 Å². The molecule has 2 saturated heterocycles. The molecule has 4 fully saturated rings. The molecule has 10 heteroatoms. The number of hydrogen-bond acceptors (Lipinski definition) is 5. The first-order valence-electron chi connectivity index (χ1n) is 14.5. The lowest BCUT2D eigenvalue weighted by atomic mass is 9.75. The molecule has 3 amide bonds. The Hall–Kier alpha value is -2.62. The van der Waals surface area contributed by atoms with Gasteiger partial charge in [-0.15, -0.1) is 0 Å². The zero-order valence-electron chi connectivity index (χ0n) is 22.2. The highest BCUT2D eigenvalue weighted by Gasteiger charge is 2.47. The third kappa shape index (κ3) is 5.41. The van der Waals surface area contributed by atoms with E-state index in [2.05, 4.69) is 15.5 Å². The second kappa shape index (κ2) is 10.1. The van der Waals surface area contributed by atoms with Crippen LogP contribution in [-0.4, -0.2) is 64.4 Å². The Morgan fingerprint density at radius 3 is 2.46 bits per heavy atom. The van der Waals surface area contributed by atoms with Gasteiger partial charge in [0.1, 0.15) is 6.04 Å². The van der Waals surface area contributed by atoms with Gasteiger partial charge < -0.3 is 10.2 Å². The van der Waals surface area contributed by atoms with Crippen molar-refractivity contribution in [1.82, 2.24) is 15.1 Å². The first-order chi connectivity index (χ1) is 18.6. The number of nitrogens with one attached hydrogen (secondary N) is 2. The molecule has 0 spiro atoms. The number of anilines is 1. The van der Waals surface area contributed by atoms with Crippen molar-refractivity contribution in [2.24, 2.45) is 11.8 Å². The van der Waals surface area contributed by atoms with Crippen LogP contribution in [0.25, 0.3) is 0 Å². The number of imide groups is 1. The summed E-state index contributed by atoms with van der Waals surface area (Å²) >= 11 is 0. The molecule has 6 rings (SSSR count). The van der Waals surface area contributed by atoms with Gasteiger partial charge in [0.15, 0.2) is 0 Å². The van der Waals surface area contributed by atoms with Crippen LogP contribution in [0, 0.1) is 11.8 Å². The molecular formula is C29H37F3N4O3. The normalized spacial score (nSPS) is 31.9. The number of halogens is 3. The smallest absolute Gasteiger partial charge is 0.379 e. The van der Waals surface area contributed by atoms with Crippen molar-refractivity contribution in [3.63, 3.8) is 0 Å². The van der Waals surface area contributed by atoms with Crippen LogP contribution >= 0.6 is 0 Å². The number of piperidine rings is 1. The first kappa shape index (κ1) is 26.6. The summed E-state index contributed by atoms with van der Waals surface area (Å²) < 4.78 is 39.8. The Balaban J connectivity index is 1.17. The molecule has 5 aliphatic rings. The van der Waals surface area contributed by atoms with E-state index < -0.39 is 24.0 Å². The highest BCUT2D eigenvalue weighted by molar-refractivity contribution is 6.06. The zero-order valence-corrected chi connectivity index (χ0v) is 22.2. The number of likely N-dealkylation sites (tertiary alicyclic amines) is 1. The highest BCUT2D eigenvalue weighted by Crippen LogP contribution is 2.44. The zero-order chi connectivity index (χ0) is 27.4. The van der Waals surface area contributed by atoms with E-state index >= 15 is 0 Å². The fourth-order valence-corrected chi connectivity index (χ4v) is 7.22. The summed E-state index contributed by atoms with van der Waals surface area (Å²) in [5, 5.41) is 6.21. The van der Waals surface area contributed by atoms with Crippen LogP contribution in [0.4, 0.5) is 18.9 Å². The Morgan fingerprint density at radius 2 is 1.79 bits per heavy atom. The van der Waals surface area contributed by atoms with Gasteiger partial charge in [0.25, 0.3) is 5.91 Å². The quantitative estimate of drug-likeness (QED) is 0.488. The second-order valence-corrected chi connectivity index (χ2v) is 12.4. The second-order valence-electron chi connectivity index (χ2n) is 12.4. The Bertz CT molecular complexity index is 1140. The third-order valence-corrected chi connectivity index (χ3v) is 9.82. The SMILES string of the molecule is O=C1CC[C@@H](N2Cc3c(NC4(CCC5CC5)CCC(N5CC[C@@H](C(F)(F)F)C5)CC4)cccc3C2=O)C(=O)N1. The van der Waals surface area contributed by atoms with Crippen molar-refractivity contribution in [1.29, 1.82) is 0 Å². The predicted molar refractivity (Wildman–Crippen MR) is 139 cm³/mol. The number of alkyl halides is 3. The van der Waals surface area contributed by atoms with Crippen molar-refractivity contribution in [3.8, 4) is 0 Å². The van der Waals surface area contributed by atoms with Crippen LogP contribution in [0.2, 0.25) is 0 Å². The summed E-state index contributed by atoms with van der Waals surface area (Å²) in [7, 11) is 0. The molecule has 3 heterocycles. The third-order valence-electron chi connectivity index (χ3n) is 9.82. The molecule has 39 heavy (non-hydrogen) atoms. The minimum atomic E-state index is -4.12. The van der Waals surface area contributed by atoms with Crippen LogP contribution in [0.15, 0.2) is 18.2 Å². The van der Waals surface area contributed by atoms with E-state index in [9.17, 15) is 27.6 Å². The van der Waals surface area contributed by atoms with Gasteiger partial charge in [-0.3, -0.25) is 24.6 Å². The lowest BCUT2D eigenvalue weighted by Gasteiger charge is -2.44. The largest absolute Gasteiger partial charge is 0.393 e. The summed E-state index contributed by atoms with van der Waals surface area (Å²) in [5.74, 6) is -1.37. The monoisotopic (exact) mass is 546 g/mol. The van der Waals surface area contributed by atoms with Gasteiger partial charge in [0, 0.05) is 47.9 Å². The molecule has 2 saturated carbocycles. The van der Waals surface area contributed by atoms with E-state index in [0.717, 1.165) is 55.7 Å². The van der Waals surface area contributed by atoms with Gasteiger partial charge in [0.05, 0.1) is 5.92 Å². The molecule has 7 nitrogen and oxygen atoms in total. The van der Waals surface area contributed by atoms with Gasteiger partial charge >= 0.3 is 6.18 Å². The Morgan fingerprint density at radius 1 is 1.03 bits per heavy atom. The van der Waals surface area contributed by atoms with Crippen LogP contribution in [-0.2, 0) is 16.1 Å². The molecular weight excluding hydrogens is 509 g/mol. The maximum absolute atomic E-state index is 13.3. The van der Waals surface area contributed by atoms with Crippen molar-refractivity contribution >= 4 is 23.4 Å². The van der Waals surface area contributed by atoms with E-state index in [1.54, 1.807) is 11.0 Å². The minimum Gasteiger partial charge on any atom is -0.379 e. The summed E-state index contributed by atoms with van der Waals surface area (Å²) in [6.07, 6.45) is 4.76. The van der Waals surface area contributed by atoms with Crippen LogP contribution in [0.5, 0.6) is 0 Å². The number of carbonyl (C=O) groups is 3. The van der Waals surface area contributed by atoms with E-state index in [0.29, 0.717) is 25.1 Å². The maximum Gasteiger partial charge on any atom is 0.393 e. The van der Waals surface area contributed by atoms with Crippen molar-refractivity contribution < 1.29 is 27.6 Å². The Kier molecular flexibility index (Phi) is 6.88. The van der Waals surface area contributed by atoms with Gasteiger partial charge in [-0.25, -0.2) is 0 Å². The minimum absolute atomic E-state index is 0.112. The summed E-state index contributed by atoms with van der Waals surface area (Å²) in [4.78, 5) is 41.1. The number of nitrogens with zero attached hydrogens (tertiary/aromatic N) is 2. The van der Waals surface area contributed by atoms with Crippen molar-refractivity contribution in [3.05, 3.63) is 29.3 Å². The fourth-order valence-electron chi connectivity index (χ4n) is 7.22. The topological polar surface area (TPSA) is 81.8 Å². The Labute approximate surface area is 226 Å². The average molecular weight is 547 g/mol. The number of benzene rings is 1. The summed E-state index contributed by atoms with van der Waals surface area (Å²) in [6.45, 7) is 0.945. The molecule has 2 aliphatic carbocycles. The van der Waals surface area contributed by atoms with Gasteiger partial charge in [-0.1, -0.05) is 18.9 Å². The number of hydrogen-bond donors (Lipinski definition) is 2. The van der Waals surface area contributed by atoms with Crippen LogP contribution in [0.1, 0.15) is 86.6 Å². The molecule has 1 aromatic rings. The molecule has 1 aromatic carbocycles. The summed E-state index contributed by atoms with van der Waals surface area (Å²) in [5.41, 5.74) is 2.21. The van der Waals surface area contributed by atoms with E-state index in [1.807, 2.05) is 12.1 Å². The molecule has 0 bridgehead atoms. The number of carbonyl (C=O) groups excluding carboxylic acids is 3. The molecule has 212 valence electrons. The first-order valence-corrected chi connectivity index (χ1v) is 14.5. The van der Waals surface area contributed by atoms with E-state index in [1.165, 1.54) is 12.8 Å². The van der Waals surface area contributed by atoms with Crippen molar-refractivity contribution in [2.75, 3.05) is 18.4 Å². The number of rotatable bonds is 7. The molecule has 2 N–H and O–H groups in total. The van der Waals surface area contributed by atoms with E-state index in [4.69, 9.17) is 0 Å². The lowest BCUT2D eigenvalue weighted by Crippen LogP contribution is -2.52. The molecule has 0 unspecified atom stereocenters. The lowest BCUT2D eigenvalue weighted by molar-refractivity contribution is -0.171. The highest BCUT2D eigenvalue weighted by atomic mass is 19.4. The van der Waals surface area contributed by atoms with E-state index in [-0.39, 0.29) is 42.8 Å². The molecule has 0 aromatic heterocycles. The standard InChI is InChI=1S/C29H37F3N4O3/c30-29(31,32)19-11-15-35(16-19)20-9-13-28(14-10-20,12-8-18-4-5-18)34-23-3-1-2-21-22(23)17-36(27(21)39)24-6-7-25(37)33-26(24)38/h1-3,18-20,24,34H,4-17H2,(H,33,37,38)/t19-,20?,24-,28?/m1/s1. The van der Waals surface area contributed by atoms with Crippen molar-refractivity contribution in [2.45, 2.75) is 101 Å². The number of fused-ring (bicyclic) bond motifs is 1. The fraction of sp³-hybridized carbons (Fsp3) is 0.690. The van der Waals surface area contributed by atoms with Gasteiger partial charge in [-0.2, -0.15) is 13.2 Å².